The lowest BCUT2D eigenvalue weighted by atomic mass is 9.90. The number of nitrogens with zero attached hydrogens (tertiary/aromatic N) is 2. The smallest absolute Gasteiger partial charge is 0.266 e. The van der Waals surface area contributed by atoms with Gasteiger partial charge in [0.2, 0.25) is 5.91 Å². The lowest BCUT2D eigenvalue weighted by Gasteiger charge is -2.29. The Balaban J connectivity index is 1.59. The topological polar surface area (TPSA) is 79.3 Å². The van der Waals surface area contributed by atoms with E-state index in [2.05, 4.69) is 0 Å². The molecule has 1 N–H and O–H groups in total. The minimum atomic E-state index is -1.04. The summed E-state index contributed by atoms with van der Waals surface area (Å²) in [6.07, 6.45) is -1.04. The van der Waals surface area contributed by atoms with Crippen molar-refractivity contribution in [3.8, 4) is 11.5 Å². The Kier molecular flexibility index (Phi) is 5.22. The van der Waals surface area contributed by atoms with Gasteiger partial charge in [-0.05, 0) is 61.0 Å². The van der Waals surface area contributed by atoms with E-state index in [0.29, 0.717) is 17.9 Å². The van der Waals surface area contributed by atoms with Crippen molar-refractivity contribution in [2.45, 2.75) is 19.1 Å². The maximum Gasteiger partial charge on any atom is 0.266 e. The van der Waals surface area contributed by atoms with Gasteiger partial charge in [0.05, 0.1) is 24.0 Å². The van der Waals surface area contributed by atoms with E-state index in [1.165, 1.54) is 30.3 Å². The number of carbonyl (C=O) groups excluding carboxylic acids is 2. The van der Waals surface area contributed by atoms with Gasteiger partial charge < -0.3 is 9.84 Å². The summed E-state index contributed by atoms with van der Waals surface area (Å²) in [6, 6.07) is 18.5. The van der Waals surface area contributed by atoms with E-state index in [4.69, 9.17) is 9.57 Å². The minimum Gasteiger partial charge on any atom is -0.504 e. The minimum absolute atomic E-state index is 0.0240. The molecule has 3 aromatic rings. The molecule has 168 valence electrons. The van der Waals surface area contributed by atoms with E-state index in [-0.39, 0.29) is 17.2 Å². The average Bonchev–Trinajstić information content (AvgIpc) is 3.33. The molecule has 0 aliphatic carbocycles. The Morgan fingerprint density at radius 2 is 1.70 bits per heavy atom. The summed E-state index contributed by atoms with van der Waals surface area (Å²) >= 11 is 0. The second kappa shape index (κ2) is 8.22. The van der Waals surface area contributed by atoms with Crippen molar-refractivity contribution in [1.29, 1.82) is 0 Å². The molecule has 2 amide bonds. The maximum atomic E-state index is 13.5. The molecule has 3 unspecified atom stereocenters. The number of hydroxylamine groups is 1. The molecule has 2 aliphatic rings. The number of hydrogen-bond donors (Lipinski definition) is 1. The molecule has 0 aromatic heterocycles. The zero-order valence-electron chi connectivity index (χ0n) is 17.7. The molecule has 0 spiro atoms. The third-order valence-corrected chi connectivity index (χ3v) is 5.84. The third-order valence-electron chi connectivity index (χ3n) is 5.84. The first-order chi connectivity index (χ1) is 16.0. The fraction of sp³-hybridized carbons (Fsp3) is 0.200. The first kappa shape index (κ1) is 21.0. The van der Waals surface area contributed by atoms with Crippen molar-refractivity contribution in [3.05, 3.63) is 84.2 Å². The second-order valence-corrected chi connectivity index (χ2v) is 7.81. The van der Waals surface area contributed by atoms with Gasteiger partial charge in [-0.3, -0.25) is 14.4 Å². The zero-order valence-corrected chi connectivity index (χ0v) is 17.7. The van der Waals surface area contributed by atoms with Crippen molar-refractivity contribution >= 4 is 23.2 Å². The highest BCUT2D eigenvalue weighted by molar-refractivity contribution is 6.23. The van der Waals surface area contributed by atoms with E-state index < -0.39 is 35.7 Å². The normalized spacial score (nSPS) is 22.1. The number of phenolic OH excluding ortho intramolecular Hbond substituents is 1. The molecule has 3 atom stereocenters. The van der Waals surface area contributed by atoms with Crippen LogP contribution in [0.1, 0.15) is 18.5 Å². The van der Waals surface area contributed by atoms with Gasteiger partial charge in [0, 0.05) is 0 Å². The van der Waals surface area contributed by atoms with Crippen LogP contribution in [0.15, 0.2) is 72.8 Å². The zero-order chi connectivity index (χ0) is 23.1. The maximum absolute atomic E-state index is 13.5. The fourth-order valence-electron chi connectivity index (χ4n) is 4.38. The number of ether oxygens (including phenoxy) is 1. The number of fused-ring (bicyclic) bond motifs is 1. The van der Waals surface area contributed by atoms with Crippen LogP contribution >= 0.6 is 0 Å². The molecule has 0 radical (unpaired) electrons. The van der Waals surface area contributed by atoms with Crippen molar-refractivity contribution in [2.75, 3.05) is 16.6 Å². The number of hydrogen-bond acceptors (Lipinski definition) is 6. The molecule has 2 fully saturated rings. The average molecular weight is 448 g/mol. The van der Waals surface area contributed by atoms with Gasteiger partial charge in [-0.1, -0.05) is 24.3 Å². The van der Waals surface area contributed by atoms with E-state index in [1.54, 1.807) is 24.1 Å². The number of imide groups is 1. The SMILES string of the molecule is CCOc1cc(C2C3C(=O)N(c4ccc(F)cc4)C(=O)C3ON2c2ccccc2)ccc1O. The number of amides is 2. The largest absolute Gasteiger partial charge is 0.504 e. The molecule has 2 aliphatic heterocycles. The summed E-state index contributed by atoms with van der Waals surface area (Å²) in [5, 5.41) is 11.7. The molecular formula is C25H21FN2O5. The van der Waals surface area contributed by atoms with Crippen LogP contribution in [-0.4, -0.2) is 29.6 Å². The monoisotopic (exact) mass is 448 g/mol. The summed E-state index contributed by atoms with van der Waals surface area (Å²) < 4.78 is 18.9. The molecule has 33 heavy (non-hydrogen) atoms. The molecule has 0 saturated carbocycles. The molecule has 3 aromatic carbocycles. The highest BCUT2D eigenvalue weighted by Crippen LogP contribution is 2.48. The van der Waals surface area contributed by atoms with Crippen LogP contribution in [0.25, 0.3) is 0 Å². The predicted octanol–water partition coefficient (Wildman–Crippen LogP) is 3.98. The fourth-order valence-corrected chi connectivity index (χ4v) is 4.38. The van der Waals surface area contributed by atoms with Gasteiger partial charge in [0.1, 0.15) is 11.7 Å². The van der Waals surface area contributed by atoms with Gasteiger partial charge in [-0.2, -0.15) is 0 Å². The van der Waals surface area contributed by atoms with E-state index >= 15 is 0 Å². The van der Waals surface area contributed by atoms with Crippen molar-refractivity contribution in [2.24, 2.45) is 5.92 Å². The Labute approximate surface area is 189 Å². The number of phenols is 1. The Hall–Kier alpha value is -3.91. The van der Waals surface area contributed by atoms with Gasteiger partial charge in [0.25, 0.3) is 5.91 Å². The number of para-hydroxylation sites is 1. The number of rotatable bonds is 5. The van der Waals surface area contributed by atoms with Crippen molar-refractivity contribution < 1.29 is 28.7 Å². The predicted molar refractivity (Wildman–Crippen MR) is 118 cm³/mol. The Bertz CT molecular complexity index is 1200. The van der Waals surface area contributed by atoms with E-state index in [0.717, 1.165) is 4.90 Å². The lowest BCUT2D eigenvalue weighted by molar-refractivity contribution is -0.126. The quantitative estimate of drug-likeness (QED) is 0.595. The summed E-state index contributed by atoms with van der Waals surface area (Å²) in [5.74, 6) is -2.01. The van der Waals surface area contributed by atoms with E-state index in [9.17, 15) is 19.1 Å². The number of carbonyl (C=O) groups is 2. The molecule has 7 nitrogen and oxygen atoms in total. The molecule has 2 saturated heterocycles. The number of aromatic hydroxyl groups is 1. The molecule has 0 bridgehead atoms. The van der Waals surface area contributed by atoms with Crippen LogP contribution in [0.5, 0.6) is 11.5 Å². The van der Waals surface area contributed by atoms with Crippen LogP contribution in [0.2, 0.25) is 0 Å². The summed E-state index contributed by atoms with van der Waals surface area (Å²) in [4.78, 5) is 33.9. The van der Waals surface area contributed by atoms with Gasteiger partial charge >= 0.3 is 0 Å². The van der Waals surface area contributed by atoms with Crippen LogP contribution in [0.4, 0.5) is 15.8 Å². The summed E-state index contributed by atoms with van der Waals surface area (Å²) in [6.45, 7) is 2.15. The number of anilines is 2. The summed E-state index contributed by atoms with van der Waals surface area (Å²) in [7, 11) is 0. The first-order valence-corrected chi connectivity index (χ1v) is 10.6. The van der Waals surface area contributed by atoms with Crippen LogP contribution in [0, 0.1) is 11.7 Å². The highest BCUT2D eigenvalue weighted by Gasteiger charge is 2.60. The van der Waals surface area contributed by atoms with Crippen molar-refractivity contribution in [1.82, 2.24) is 0 Å². The van der Waals surface area contributed by atoms with Crippen LogP contribution in [-0.2, 0) is 14.4 Å². The molecule has 5 rings (SSSR count). The van der Waals surface area contributed by atoms with Crippen molar-refractivity contribution in [3.63, 3.8) is 0 Å². The van der Waals surface area contributed by atoms with Crippen LogP contribution in [0.3, 0.4) is 0 Å². The van der Waals surface area contributed by atoms with Gasteiger partial charge in [0.15, 0.2) is 17.6 Å². The van der Waals surface area contributed by atoms with Gasteiger partial charge in [-0.15, -0.1) is 0 Å². The van der Waals surface area contributed by atoms with Crippen LogP contribution < -0.4 is 14.7 Å². The Morgan fingerprint density at radius 1 is 0.970 bits per heavy atom. The molecule has 2 heterocycles. The summed E-state index contributed by atoms with van der Waals surface area (Å²) in [5.41, 5.74) is 1.61. The standard InChI is InChI=1S/C25H21FN2O5/c1-2-32-20-14-15(8-13-19(20)29)22-21-23(33-28(22)18-6-4-3-5-7-18)25(31)27(24(21)30)17-11-9-16(26)10-12-17/h3-14,21-23,29H,2H2,1H3. The number of benzene rings is 3. The van der Waals surface area contributed by atoms with Gasteiger partial charge in [-0.25, -0.2) is 14.4 Å². The second-order valence-electron chi connectivity index (χ2n) is 7.81. The molecule has 8 heteroatoms. The lowest BCUT2D eigenvalue weighted by Crippen LogP contribution is -2.37. The Morgan fingerprint density at radius 3 is 2.39 bits per heavy atom. The number of halogens is 1. The van der Waals surface area contributed by atoms with E-state index in [1.807, 2.05) is 30.3 Å². The third kappa shape index (κ3) is 3.48. The molecular weight excluding hydrogens is 427 g/mol. The highest BCUT2D eigenvalue weighted by atomic mass is 19.1. The first-order valence-electron chi connectivity index (χ1n) is 10.6.